The van der Waals surface area contributed by atoms with Crippen LogP contribution in [0.25, 0.3) is 0 Å². The van der Waals surface area contributed by atoms with E-state index < -0.39 is 0 Å². The summed E-state index contributed by atoms with van der Waals surface area (Å²) >= 11 is 0. The monoisotopic (exact) mass is 335 g/mol. The summed E-state index contributed by atoms with van der Waals surface area (Å²) in [7, 11) is 0. The van der Waals surface area contributed by atoms with E-state index in [0.29, 0.717) is 17.1 Å². The van der Waals surface area contributed by atoms with E-state index in [1.807, 2.05) is 36.1 Å². The molecular formula is C20H21N3O2. The van der Waals surface area contributed by atoms with Gasteiger partial charge in [-0.05, 0) is 68.3 Å². The first-order valence-electron chi connectivity index (χ1n) is 8.49. The minimum absolute atomic E-state index is 0.149. The molecule has 2 aromatic carbocycles. The van der Waals surface area contributed by atoms with Gasteiger partial charge in [0.25, 0.3) is 0 Å². The molecular weight excluding hydrogens is 314 g/mol. The predicted octanol–water partition coefficient (Wildman–Crippen LogP) is 3.77. The lowest BCUT2D eigenvalue weighted by atomic mass is 10.2. The Bertz CT molecular complexity index is 757. The van der Waals surface area contributed by atoms with Crippen molar-refractivity contribution in [2.45, 2.75) is 25.8 Å². The van der Waals surface area contributed by atoms with Crippen molar-refractivity contribution in [1.82, 2.24) is 4.90 Å². The van der Waals surface area contributed by atoms with Crippen LogP contribution in [0.2, 0.25) is 0 Å². The number of carbonyl (C=O) groups excluding carboxylic acids is 1. The van der Waals surface area contributed by atoms with Gasteiger partial charge in [0.2, 0.25) is 5.91 Å². The topological polar surface area (TPSA) is 65.4 Å². The third-order valence-corrected chi connectivity index (χ3v) is 4.24. The lowest BCUT2D eigenvalue weighted by Gasteiger charge is -2.22. The fourth-order valence-corrected chi connectivity index (χ4v) is 2.88. The summed E-state index contributed by atoms with van der Waals surface area (Å²) in [5.41, 5.74) is 1.48. The van der Waals surface area contributed by atoms with Crippen LogP contribution in [-0.2, 0) is 4.79 Å². The molecule has 1 unspecified atom stereocenters. The first-order valence-corrected chi connectivity index (χ1v) is 8.49. The van der Waals surface area contributed by atoms with Crippen molar-refractivity contribution in [2.75, 3.05) is 18.4 Å². The number of nitriles is 1. The van der Waals surface area contributed by atoms with E-state index in [9.17, 15) is 4.79 Å². The Kier molecular flexibility index (Phi) is 5.20. The molecule has 25 heavy (non-hydrogen) atoms. The fraction of sp³-hybridized carbons (Fsp3) is 0.300. The lowest BCUT2D eigenvalue weighted by molar-refractivity contribution is -0.130. The molecule has 0 bridgehead atoms. The summed E-state index contributed by atoms with van der Waals surface area (Å²) in [4.78, 5) is 14.2. The van der Waals surface area contributed by atoms with Crippen molar-refractivity contribution in [3.8, 4) is 17.6 Å². The highest BCUT2D eigenvalue weighted by Gasteiger charge is 2.22. The molecule has 1 saturated heterocycles. The summed E-state index contributed by atoms with van der Waals surface area (Å²) in [5, 5.41) is 12.0. The number of hydrogen-bond donors (Lipinski definition) is 1. The highest BCUT2D eigenvalue weighted by molar-refractivity contribution is 5.84. The minimum Gasteiger partial charge on any atom is -0.457 e. The summed E-state index contributed by atoms with van der Waals surface area (Å²) in [6.07, 6.45) is 2.19. The smallest absolute Gasteiger partial charge is 0.244 e. The molecule has 5 heteroatoms. The zero-order valence-corrected chi connectivity index (χ0v) is 14.2. The largest absolute Gasteiger partial charge is 0.457 e. The molecule has 3 rings (SSSR count). The van der Waals surface area contributed by atoms with Crippen LogP contribution in [-0.4, -0.2) is 29.9 Å². The van der Waals surface area contributed by atoms with Crippen LogP contribution in [0.4, 0.5) is 5.69 Å². The maximum Gasteiger partial charge on any atom is 0.244 e. The Labute approximate surface area is 147 Å². The standard InChI is InChI=1S/C20H21N3O2/c1-15(20(24)23-12-2-3-13-23)22-17-6-10-19(11-7-17)25-18-8-4-16(14-21)5-9-18/h4-11,15,22H,2-3,12-13H2,1H3. The fourth-order valence-electron chi connectivity index (χ4n) is 2.88. The van der Waals surface area contributed by atoms with Gasteiger partial charge in [-0.15, -0.1) is 0 Å². The van der Waals surface area contributed by atoms with Gasteiger partial charge >= 0.3 is 0 Å². The van der Waals surface area contributed by atoms with Crippen LogP contribution in [0.15, 0.2) is 48.5 Å². The Hall–Kier alpha value is -3.00. The third kappa shape index (κ3) is 4.30. The Morgan fingerprint density at radius 1 is 1.08 bits per heavy atom. The summed E-state index contributed by atoms with van der Waals surface area (Å²) in [6, 6.07) is 16.3. The van der Waals surface area contributed by atoms with Crippen LogP contribution < -0.4 is 10.1 Å². The molecule has 1 aliphatic heterocycles. The van der Waals surface area contributed by atoms with Crippen molar-refractivity contribution in [3.63, 3.8) is 0 Å². The molecule has 1 heterocycles. The predicted molar refractivity (Wildman–Crippen MR) is 96.6 cm³/mol. The average molecular weight is 335 g/mol. The Morgan fingerprint density at radius 3 is 2.20 bits per heavy atom. The van der Waals surface area contributed by atoms with Gasteiger partial charge < -0.3 is 15.0 Å². The molecule has 0 saturated carbocycles. The maximum absolute atomic E-state index is 12.3. The van der Waals surface area contributed by atoms with E-state index in [1.54, 1.807) is 24.3 Å². The van der Waals surface area contributed by atoms with E-state index in [0.717, 1.165) is 31.6 Å². The van der Waals surface area contributed by atoms with Crippen LogP contribution >= 0.6 is 0 Å². The number of anilines is 1. The van der Waals surface area contributed by atoms with Gasteiger partial charge in [-0.25, -0.2) is 0 Å². The molecule has 1 amide bonds. The van der Waals surface area contributed by atoms with Crippen LogP contribution in [0.5, 0.6) is 11.5 Å². The van der Waals surface area contributed by atoms with Crippen molar-refractivity contribution in [1.29, 1.82) is 5.26 Å². The maximum atomic E-state index is 12.3. The number of ether oxygens (including phenoxy) is 1. The highest BCUT2D eigenvalue weighted by Crippen LogP contribution is 2.23. The third-order valence-electron chi connectivity index (χ3n) is 4.24. The SMILES string of the molecule is CC(Nc1ccc(Oc2ccc(C#N)cc2)cc1)C(=O)N1CCCC1. The highest BCUT2D eigenvalue weighted by atomic mass is 16.5. The van der Waals surface area contributed by atoms with Gasteiger partial charge in [-0.2, -0.15) is 5.26 Å². The quantitative estimate of drug-likeness (QED) is 0.903. The van der Waals surface area contributed by atoms with Crippen molar-refractivity contribution < 1.29 is 9.53 Å². The van der Waals surface area contributed by atoms with E-state index in [-0.39, 0.29) is 11.9 Å². The molecule has 1 N–H and O–H groups in total. The molecule has 0 aliphatic carbocycles. The number of likely N-dealkylation sites (tertiary alicyclic amines) is 1. The molecule has 128 valence electrons. The summed E-state index contributed by atoms with van der Waals surface area (Å²) < 4.78 is 5.75. The number of rotatable bonds is 5. The molecule has 5 nitrogen and oxygen atoms in total. The molecule has 1 fully saturated rings. The number of nitrogens with zero attached hydrogens (tertiary/aromatic N) is 2. The van der Waals surface area contributed by atoms with Gasteiger partial charge in [0.15, 0.2) is 0 Å². The van der Waals surface area contributed by atoms with Crippen molar-refractivity contribution in [2.24, 2.45) is 0 Å². The number of benzene rings is 2. The van der Waals surface area contributed by atoms with Crippen molar-refractivity contribution >= 4 is 11.6 Å². The zero-order chi connectivity index (χ0) is 17.6. The van der Waals surface area contributed by atoms with Crippen LogP contribution in [0, 0.1) is 11.3 Å². The summed E-state index contributed by atoms with van der Waals surface area (Å²) in [6.45, 7) is 3.62. The molecule has 1 atom stereocenters. The second-order valence-corrected chi connectivity index (χ2v) is 6.16. The first kappa shape index (κ1) is 16.8. The molecule has 1 aliphatic rings. The van der Waals surface area contributed by atoms with Gasteiger partial charge in [0.1, 0.15) is 17.5 Å². The number of nitrogens with one attached hydrogen (secondary N) is 1. The van der Waals surface area contributed by atoms with E-state index in [2.05, 4.69) is 11.4 Å². The zero-order valence-electron chi connectivity index (χ0n) is 14.2. The molecule has 2 aromatic rings. The van der Waals surface area contributed by atoms with E-state index >= 15 is 0 Å². The van der Waals surface area contributed by atoms with Crippen LogP contribution in [0.3, 0.4) is 0 Å². The summed E-state index contributed by atoms with van der Waals surface area (Å²) in [5.74, 6) is 1.53. The second kappa shape index (κ2) is 7.71. The van der Waals surface area contributed by atoms with Gasteiger partial charge in [0, 0.05) is 18.8 Å². The van der Waals surface area contributed by atoms with Crippen molar-refractivity contribution in [3.05, 3.63) is 54.1 Å². The lowest BCUT2D eigenvalue weighted by Crippen LogP contribution is -2.39. The Morgan fingerprint density at radius 2 is 1.64 bits per heavy atom. The van der Waals surface area contributed by atoms with Gasteiger partial charge in [-0.3, -0.25) is 4.79 Å². The number of carbonyl (C=O) groups is 1. The molecule has 0 aromatic heterocycles. The molecule has 0 spiro atoms. The number of hydrogen-bond acceptors (Lipinski definition) is 4. The molecule has 0 radical (unpaired) electrons. The van der Waals surface area contributed by atoms with Gasteiger partial charge in [-0.1, -0.05) is 0 Å². The second-order valence-electron chi connectivity index (χ2n) is 6.16. The first-order chi connectivity index (χ1) is 12.2. The minimum atomic E-state index is -0.247. The van der Waals surface area contributed by atoms with E-state index in [1.165, 1.54) is 0 Å². The van der Waals surface area contributed by atoms with Crippen LogP contribution in [0.1, 0.15) is 25.3 Å². The Balaban J connectivity index is 1.57. The van der Waals surface area contributed by atoms with Gasteiger partial charge in [0.05, 0.1) is 11.6 Å². The number of amides is 1. The van der Waals surface area contributed by atoms with E-state index in [4.69, 9.17) is 10.00 Å². The average Bonchev–Trinajstić information content (AvgIpc) is 3.18. The normalized spacial score (nSPS) is 14.6.